The highest BCUT2D eigenvalue weighted by molar-refractivity contribution is 14.0. The van der Waals surface area contributed by atoms with Crippen LogP contribution in [0.25, 0.3) is 0 Å². The number of benzene rings is 1. The third-order valence-corrected chi connectivity index (χ3v) is 3.27. The number of hydrogen-bond acceptors (Lipinski definition) is 4. The molecule has 0 saturated carbocycles. The summed E-state index contributed by atoms with van der Waals surface area (Å²) in [6.07, 6.45) is 0. The Morgan fingerprint density at radius 2 is 2.08 bits per heavy atom. The van der Waals surface area contributed by atoms with E-state index in [4.69, 9.17) is 4.52 Å². The zero-order chi connectivity index (χ0) is 16.7. The normalized spacial score (nSPS) is 11.2. The number of phenols is 1. The predicted molar refractivity (Wildman–Crippen MR) is 106 cm³/mol. The molecular weight excluding hydrogens is 419 g/mol. The summed E-state index contributed by atoms with van der Waals surface area (Å²) in [5.74, 6) is 2.06. The highest BCUT2D eigenvalue weighted by atomic mass is 127. The van der Waals surface area contributed by atoms with Gasteiger partial charge in [-0.2, -0.15) is 0 Å². The maximum Gasteiger partial charge on any atom is 0.191 e. The monoisotopic (exact) mass is 444 g/mol. The van der Waals surface area contributed by atoms with Gasteiger partial charge >= 0.3 is 0 Å². The first-order valence-electron chi connectivity index (χ1n) is 7.84. The van der Waals surface area contributed by atoms with E-state index in [1.807, 2.05) is 25.1 Å². The Balaban J connectivity index is 0.00000288. The van der Waals surface area contributed by atoms with Gasteiger partial charge in [0, 0.05) is 12.6 Å². The van der Waals surface area contributed by atoms with Gasteiger partial charge in [0.05, 0.1) is 18.8 Å². The minimum absolute atomic E-state index is 0. The maximum atomic E-state index is 9.48. The Labute approximate surface area is 159 Å². The van der Waals surface area contributed by atoms with Crippen LogP contribution in [-0.4, -0.2) is 22.8 Å². The lowest BCUT2D eigenvalue weighted by Crippen LogP contribution is -2.36. The van der Waals surface area contributed by atoms with E-state index in [1.165, 1.54) is 0 Å². The van der Waals surface area contributed by atoms with Crippen molar-refractivity contribution in [1.29, 1.82) is 0 Å². The topological polar surface area (TPSA) is 82.7 Å². The van der Waals surface area contributed by atoms with Gasteiger partial charge in [-0.15, -0.1) is 24.0 Å². The summed E-state index contributed by atoms with van der Waals surface area (Å²) in [7, 11) is 0. The van der Waals surface area contributed by atoms with Gasteiger partial charge in [-0.05, 0) is 30.5 Å². The van der Waals surface area contributed by atoms with E-state index in [1.54, 1.807) is 12.1 Å². The molecule has 0 aliphatic rings. The first-order chi connectivity index (χ1) is 11.1. The second-order valence-electron chi connectivity index (χ2n) is 5.59. The highest BCUT2D eigenvalue weighted by Crippen LogP contribution is 2.14. The van der Waals surface area contributed by atoms with Crippen LogP contribution in [0.15, 0.2) is 39.8 Å². The van der Waals surface area contributed by atoms with Crippen molar-refractivity contribution < 1.29 is 9.63 Å². The molecule has 0 fully saturated rings. The van der Waals surface area contributed by atoms with Crippen molar-refractivity contribution in [3.05, 3.63) is 47.3 Å². The van der Waals surface area contributed by atoms with Crippen molar-refractivity contribution in [2.24, 2.45) is 4.99 Å². The molecule has 7 heteroatoms. The van der Waals surface area contributed by atoms with Crippen molar-refractivity contribution in [2.45, 2.75) is 39.8 Å². The van der Waals surface area contributed by atoms with Gasteiger partial charge in [-0.1, -0.05) is 31.1 Å². The summed E-state index contributed by atoms with van der Waals surface area (Å²) in [5.41, 5.74) is 1.90. The van der Waals surface area contributed by atoms with Crippen molar-refractivity contribution >= 4 is 29.9 Å². The second-order valence-corrected chi connectivity index (χ2v) is 5.59. The number of phenolic OH excluding ortho intramolecular Hbond substituents is 1. The summed E-state index contributed by atoms with van der Waals surface area (Å²) >= 11 is 0. The Bertz CT molecular complexity index is 656. The number of hydrogen-bond donors (Lipinski definition) is 3. The Morgan fingerprint density at radius 3 is 2.71 bits per heavy atom. The minimum atomic E-state index is 0. The molecule has 0 bridgehead atoms. The van der Waals surface area contributed by atoms with Gasteiger partial charge < -0.3 is 20.3 Å². The summed E-state index contributed by atoms with van der Waals surface area (Å²) < 4.78 is 5.30. The molecule has 2 aromatic rings. The van der Waals surface area contributed by atoms with Gasteiger partial charge in [0.25, 0.3) is 0 Å². The fourth-order valence-corrected chi connectivity index (χ4v) is 2.02. The number of nitrogens with one attached hydrogen (secondary N) is 2. The van der Waals surface area contributed by atoms with Gasteiger partial charge in [0.1, 0.15) is 5.75 Å². The lowest BCUT2D eigenvalue weighted by Gasteiger charge is -2.09. The summed E-state index contributed by atoms with van der Waals surface area (Å²) in [5, 5.41) is 19.9. The number of aliphatic imine (C=N–C) groups is 1. The molecular formula is C17H25IN4O2. The van der Waals surface area contributed by atoms with Crippen molar-refractivity contribution in [1.82, 2.24) is 15.8 Å². The summed E-state index contributed by atoms with van der Waals surface area (Å²) in [6, 6.07) is 9.04. The molecule has 132 valence electrons. The zero-order valence-electron chi connectivity index (χ0n) is 14.2. The van der Waals surface area contributed by atoms with E-state index in [2.05, 4.69) is 34.6 Å². The first kappa shape index (κ1) is 20.3. The Morgan fingerprint density at radius 1 is 1.29 bits per heavy atom. The molecule has 24 heavy (non-hydrogen) atoms. The number of aromatic hydroxyl groups is 1. The molecule has 0 unspecified atom stereocenters. The molecule has 0 saturated heterocycles. The van der Waals surface area contributed by atoms with Gasteiger partial charge in [-0.3, -0.25) is 0 Å². The van der Waals surface area contributed by atoms with Crippen LogP contribution >= 0.6 is 24.0 Å². The van der Waals surface area contributed by atoms with Crippen molar-refractivity contribution in [2.75, 3.05) is 6.54 Å². The highest BCUT2D eigenvalue weighted by Gasteiger charge is 2.08. The second kappa shape index (κ2) is 10.2. The van der Waals surface area contributed by atoms with Crippen LogP contribution in [0.4, 0.5) is 0 Å². The van der Waals surface area contributed by atoms with E-state index < -0.39 is 0 Å². The van der Waals surface area contributed by atoms with Crippen molar-refractivity contribution in [3.8, 4) is 5.75 Å². The number of nitrogens with zero attached hydrogens (tertiary/aromatic N) is 2. The quantitative estimate of drug-likeness (QED) is 0.362. The standard InChI is InChI=1S/C17H24N4O2.HI/c1-4-18-17(19-10-13-6-5-7-14(22)8-13)20-11-15-9-16(12(2)3)21-23-15;/h5-9,12,22H,4,10-11H2,1-3H3,(H2,18,19,20);1H. The van der Waals surface area contributed by atoms with Gasteiger partial charge in [0.2, 0.25) is 0 Å². The van der Waals surface area contributed by atoms with Gasteiger partial charge in [0.15, 0.2) is 11.7 Å². The van der Waals surface area contributed by atoms with Crippen LogP contribution in [0.3, 0.4) is 0 Å². The smallest absolute Gasteiger partial charge is 0.191 e. The summed E-state index contributed by atoms with van der Waals surface area (Å²) in [6.45, 7) is 7.94. The molecule has 0 spiro atoms. The van der Waals surface area contributed by atoms with Gasteiger partial charge in [-0.25, -0.2) is 4.99 Å². The third kappa shape index (κ3) is 6.38. The molecule has 0 atom stereocenters. The van der Waals surface area contributed by atoms with Crippen LogP contribution < -0.4 is 10.6 Å². The SMILES string of the molecule is CCNC(=NCc1cccc(O)c1)NCc1cc(C(C)C)no1.I. The molecule has 3 N–H and O–H groups in total. The van der Waals surface area contributed by atoms with E-state index in [0.717, 1.165) is 23.6 Å². The molecule has 0 amide bonds. The molecule has 1 heterocycles. The predicted octanol–water partition coefficient (Wildman–Crippen LogP) is 3.38. The molecule has 6 nitrogen and oxygen atoms in total. The van der Waals surface area contributed by atoms with Crippen LogP contribution in [0, 0.1) is 0 Å². The lowest BCUT2D eigenvalue weighted by molar-refractivity contribution is 0.372. The molecule has 0 radical (unpaired) electrons. The van der Waals surface area contributed by atoms with Crippen LogP contribution in [0.1, 0.15) is 43.7 Å². The molecule has 2 rings (SSSR count). The fourth-order valence-electron chi connectivity index (χ4n) is 2.02. The first-order valence-corrected chi connectivity index (χ1v) is 7.84. The fraction of sp³-hybridized carbons (Fsp3) is 0.412. The molecule has 1 aromatic heterocycles. The minimum Gasteiger partial charge on any atom is -0.508 e. The number of halogens is 1. The number of aromatic nitrogens is 1. The van der Waals surface area contributed by atoms with E-state index >= 15 is 0 Å². The Kier molecular flexibility index (Phi) is 8.59. The largest absolute Gasteiger partial charge is 0.508 e. The van der Waals surface area contributed by atoms with E-state index in [9.17, 15) is 5.11 Å². The average molecular weight is 444 g/mol. The maximum absolute atomic E-state index is 9.48. The van der Waals surface area contributed by atoms with E-state index in [0.29, 0.717) is 25.0 Å². The molecule has 0 aliphatic heterocycles. The number of rotatable bonds is 6. The number of guanidine groups is 1. The van der Waals surface area contributed by atoms with E-state index in [-0.39, 0.29) is 29.7 Å². The lowest BCUT2D eigenvalue weighted by atomic mass is 10.1. The van der Waals surface area contributed by atoms with Crippen LogP contribution in [0.5, 0.6) is 5.75 Å². The zero-order valence-corrected chi connectivity index (χ0v) is 16.6. The van der Waals surface area contributed by atoms with Crippen molar-refractivity contribution in [3.63, 3.8) is 0 Å². The average Bonchev–Trinajstić information content (AvgIpc) is 2.99. The van der Waals surface area contributed by atoms with Crippen LogP contribution in [-0.2, 0) is 13.1 Å². The third-order valence-electron chi connectivity index (χ3n) is 3.27. The Hall–Kier alpha value is -1.77. The molecule has 0 aliphatic carbocycles. The molecule has 1 aromatic carbocycles. The summed E-state index contributed by atoms with van der Waals surface area (Å²) in [4.78, 5) is 4.50. The van der Waals surface area contributed by atoms with Crippen LogP contribution in [0.2, 0.25) is 0 Å².